The minimum Gasteiger partial charge on any atom is -0.497 e. The number of halogens is 1. The summed E-state index contributed by atoms with van der Waals surface area (Å²) in [7, 11) is 1.61. The van der Waals surface area contributed by atoms with E-state index in [1.807, 2.05) is 36.4 Å². The predicted octanol–water partition coefficient (Wildman–Crippen LogP) is 5.81. The molecule has 0 heterocycles. The van der Waals surface area contributed by atoms with Crippen LogP contribution in [0, 0.1) is 29.0 Å². The Bertz CT molecular complexity index is 1220. The number of nitrogens with two attached hydrogens (primary N) is 1. The summed E-state index contributed by atoms with van der Waals surface area (Å²) in [5.74, 6) is 0.0789. The lowest BCUT2D eigenvalue weighted by molar-refractivity contribution is -0.120. The molecule has 1 atom stereocenters. The molecular formula is C31H35FN2O3. The van der Waals surface area contributed by atoms with Crippen molar-refractivity contribution in [3.8, 4) is 11.8 Å². The van der Waals surface area contributed by atoms with Gasteiger partial charge in [0, 0.05) is 18.6 Å². The number of nitriles is 1. The number of hydrogen-bond acceptors (Lipinski definition) is 5. The van der Waals surface area contributed by atoms with Gasteiger partial charge in [-0.1, -0.05) is 31.0 Å². The molecule has 0 saturated heterocycles. The van der Waals surface area contributed by atoms with E-state index in [4.69, 9.17) is 10.5 Å². The van der Waals surface area contributed by atoms with Gasteiger partial charge in [-0.15, -0.1) is 0 Å². The third-order valence-electron chi connectivity index (χ3n) is 7.74. The van der Waals surface area contributed by atoms with Gasteiger partial charge in [0.05, 0.1) is 12.7 Å². The van der Waals surface area contributed by atoms with E-state index in [0.717, 1.165) is 61.0 Å². The maximum atomic E-state index is 14.7. The average Bonchev–Trinajstić information content (AvgIpc) is 2.90. The Morgan fingerprint density at radius 1 is 1.11 bits per heavy atom. The molecule has 2 aliphatic rings. The van der Waals surface area contributed by atoms with E-state index in [1.165, 1.54) is 12.1 Å². The summed E-state index contributed by atoms with van der Waals surface area (Å²) in [6, 6.07) is 14.4. The standard InChI is InChI=1S/C31H35FN2O3/c1-37-26-12-10-20(11-13-26)27-16-23(14-15-35)29(31(36)21-4-2-6-25(34)7-3-5-21)18-28(27)22-8-9-24(19-33)30(32)17-22/h8-13,17-18,21,23,25,35H,2-7,14-16,34H2,1H3. The number of nitrogens with zero attached hydrogens (tertiary/aromatic N) is 1. The Labute approximate surface area is 218 Å². The van der Waals surface area contributed by atoms with Gasteiger partial charge in [-0.3, -0.25) is 4.79 Å². The third-order valence-corrected chi connectivity index (χ3v) is 7.74. The SMILES string of the molecule is COc1ccc(C2=C(c3ccc(C#N)c(F)c3)C=C(C(=O)C3CCCC(N)CCC3)C(CCO)C2)cc1. The Morgan fingerprint density at radius 3 is 2.38 bits per heavy atom. The molecule has 0 aliphatic heterocycles. The van der Waals surface area contributed by atoms with Gasteiger partial charge in [0.15, 0.2) is 5.78 Å². The Hall–Kier alpha value is -3.27. The summed E-state index contributed by atoms with van der Waals surface area (Å²) in [5, 5.41) is 19.1. The predicted molar refractivity (Wildman–Crippen MR) is 143 cm³/mol. The first-order valence-electron chi connectivity index (χ1n) is 13.1. The van der Waals surface area contributed by atoms with E-state index in [1.54, 1.807) is 13.2 Å². The summed E-state index contributed by atoms with van der Waals surface area (Å²) < 4.78 is 20.0. The second-order valence-electron chi connectivity index (χ2n) is 10.1. The minimum atomic E-state index is -0.586. The lowest BCUT2D eigenvalue weighted by Crippen LogP contribution is -2.28. The molecule has 2 aromatic carbocycles. The number of rotatable bonds is 7. The van der Waals surface area contributed by atoms with E-state index < -0.39 is 5.82 Å². The lowest BCUT2D eigenvalue weighted by atomic mass is 9.73. The molecule has 0 radical (unpaired) electrons. The second-order valence-corrected chi connectivity index (χ2v) is 10.1. The van der Waals surface area contributed by atoms with Crippen molar-refractivity contribution in [3.63, 3.8) is 0 Å². The van der Waals surface area contributed by atoms with Crippen LogP contribution in [0.3, 0.4) is 0 Å². The minimum absolute atomic E-state index is 0.0164. The number of allylic oxidation sites excluding steroid dienone is 4. The summed E-state index contributed by atoms with van der Waals surface area (Å²) in [4.78, 5) is 13.9. The summed E-state index contributed by atoms with van der Waals surface area (Å²) >= 11 is 0. The van der Waals surface area contributed by atoms with Crippen LogP contribution in [0.15, 0.2) is 54.1 Å². The summed E-state index contributed by atoms with van der Waals surface area (Å²) in [6.45, 7) is -0.0223. The molecule has 6 heteroatoms. The zero-order valence-electron chi connectivity index (χ0n) is 21.4. The van der Waals surface area contributed by atoms with Gasteiger partial charge in [0.2, 0.25) is 0 Å². The first-order valence-corrected chi connectivity index (χ1v) is 13.1. The molecule has 0 amide bonds. The van der Waals surface area contributed by atoms with Gasteiger partial charge in [0.1, 0.15) is 17.6 Å². The molecule has 37 heavy (non-hydrogen) atoms. The van der Waals surface area contributed by atoms with E-state index in [9.17, 15) is 19.6 Å². The van der Waals surface area contributed by atoms with Gasteiger partial charge >= 0.3 is 0 Å². The van der Waals surface area contributed by atoms with Crippen molar-refractivity contribution in [2.45, 2.75) is 57.4 Å². The molecule has 1 unspecified atom stereocenters. The molecule has 1 saturated carbocycles. The van der Waals surface area contributed by atoms with Crippen LogP contribution in [0.2, 0.25) is 0 Å². The van der Waals surface area contributed by atoms with Gasteiger partial charge in [-0.2, -0.15) is 5.26 Å². The number of ketones is 1. The fourth-order valence-electron chi connectivity index (χ4n) is 5.65. The number of methoxy groups -OCH3 is 1. The van der Waals surface area contributed by atoms with Crippen molar-refractivity contribution in [1.82, 2.24) is 0 Å². The largest absolute Gasteiger partial charge is 0.497 e. The van der Waals surface area contributed by atoms with E-state index in [-0.39, 0.29) is 35.8 Å². The number of carbonyl (C=O) groups excluding carboxylic acids is 1. The Morgan fingerprint density at radius 2 is 1.78 bits per heavy atom. The van der Waals surface area contributed by atoms with Crippen LogP contribution in [0.4, 0.5) is 4.39 Å². The van der Waals surface area contributed by atoms with Crippen molar-refractivity contribution in [1.29, 1.82) is 5.26 Å². The van der Waals surface area contributed by atoms with E-state index >= 15 is 0 Å². The maximum Gasteiger partial charge on any atom is 0.162 e. The fraction of sp³-hybridized carbons (Fsp3) is 0.419. The lowest BCUT2D eigenvalue weighted by Gasteiger charge is -2.31. The highest BCUT2D eigenvalue weighted by atomic mass is 19.1. The Kier molecular flexibility index (Phi) is 8.91. The molecule has 4 rings (SSSR count). The number of aliphatic hydroxyl groups is 1. The zero-order chi connectivity index (χ0) is 26.4. The topological polar surface area (TPSA) is 96.3 Å². The number of aliphatic hydroxyl groups excluding tert-OH is 1. The van der Waals surface area contributed by atoms with E-state index in [0.29, 0.717) is 24.0 Å². The van der Waals surface area contributed by atoms with Crippen LogP contribution < -0.4 is 10.5 Å². The van der Waals surface area contributed by atoms with Crippen LogP contribution in [0.1, 0.15) is 68.1 Å². The molecule has 3 N–H and O–H groups in total. The maximum absolute atomic E-state index is 14.7. The van der Waals surface area contributed by atoms with Crippen LogP contribution in [0.25, 0.3) is 11.1 Å². The van der Waals surface area contributed by atoms with Crippen LogP contribution in [-0.2, 0) is 4.79 Å². The Balaban J connectivity index is 1.81. The smallest absolute Gasteiger partial charge is 0.162 e. The highest BCUT2D eigenvalue weighted by Gasteiger charge is 2.32. The highest BCUT2D eigenvalue weighted by Crippen LogP contribution is 2.43. The molecule has 2 aliphatic carbocycles. The summed E-state index contributed by atoms with van der Waals surface area (Å²) in [5.41, 5.74) is 10.2. The number of ether oxygens (including phenoxy) is 1. The number of hydrogen-bond donors (Lipinski definition) is 2. The van der Waals surface area contributed by atoms with Crippen LogP contribution in [0.5, 0.6) is 5.75 Å². The molecule has 0 aromatic heterocycles. The fourth-order valence-corrected chi connectivity index (χ4v) is 5.65. The molecule has 5 nitrogen and oxygen atoms in total. The van der Waals surface area contributed by atoms with Crippen LogP contribution in [-0.4, -0.2) is 30.6 Å². The average molecular weight is 503 g/mol. The van der Waals surface area contributed by atoms with Gasteiger partial charge in [-0.25, -0.2) is 4.39 Å². The van der Waals surface area contributed by atoms with Crippen molar-refractivity contribution in [2.75, 3.05) is 13.7 Å². The van der Waals surface area contributed by atoms with Gasteiger partial charge in [-0.05, 0) is 103 Å². The van der Waals surface area contributed by atoms with Crippen molar-refractivity contribution < 1.29 is 19.0 Å². The van der Waals surface area contributed by atoms with Crippen molar-refractivity contribution >= 4 is 16.9 Å². The highest BCUT2D eigenvalue weighted by molar-refractivity contribution is 6.06. The molecule has 0 spiro atoms. The molecule has 194 valence electrons. The zero-order valence-corrected chi connectivity index (χ0v) is 21.4. The molecule has 1 fully saturated rings. The monoisotopic (exact) mass is 502 g/mol. The van der Waals surface area contributed by atoms with Crippen molar-refractivity contribution in [3.05, 3.63) is 76.6 Å². The quantitative estimate of drug-likeness (QED) is 0.498. The normalized spacial score (nSPS) is 22.5. The molecular weight excluding hydrogens is 467 g/mol. The number of carbonyl (C=O) groups is 1. The number of benzene rings is 2. The van der Waals surface area contributed by atoms with Crippen LogP contribution >= 0.6 is 0 Å². The van der Waals surface area contributed by atoms with Gasteiger partial charge in [0.25, 0.3) is 0 Å². The molecule has 2 aromatic rings. The van der Waals surface area contributed by atoms with Gasteiger partial charge < -0.3 is 15.6 Å². The third kappa shape index (κ3) is 6.18. The van der Waals surface area contributed by atoms with Crippen molar-refractivity contribution in [2.24, 2.45) is 17.6 Å². The first kappa shape index (κ1) is 26.8. The first-order chi connectivity index (χ1) is 17.9. The second kappa shape index (κ2) is 12.3. The van der Waals surface area contributed by atoms with E-state index in [2.05, 4.69) is 0 Å². The number of Topliss-reactive ketones (excluding diaryl/α,β-unsaturated/α-hetero) is 1. The summed E-state index contributed by atoms with van der Waals surface area (Å²) in [6.07, 6.45) is 8.28. The molecule has 0 bridgehead atoms.